The van der Waals surface area contributed by atoms with Gasteiger partial charge in [0.15, 0.2) is 0 Å². The third-order valence-corrected chi connectivity index (χ3v) is 3.55. The van der Waals surface area contributed by atoms with E-state index in [0.29, 0.717) is 6.04 Å². The molecule has 0 saturated heterocycles. The van der Waals surface area contributed by atoms with Crippen LogP contribution in [0.3, 0.4) is 0 Å². The summed E-state index contributed by atoms with van der Waals surface area (Å²) in [6.45, 7) is 5.02. The molecule has 0 fully saturated rings. The third kappa shape index (κ3) is 3.33. The average Bonchev–Trinajstić information content (AvgIpc) is 2.41. The predicted molar refractivity (Wildman–Crippen MR) is 81.6 cm³/mol. The molecule has 1 heteroatoms. The Bertz CT molecular complexity index is 514. The molecular weight excluding hydrogens is 230 g/mol. The lowest BCUT2D eigenvalue weighted by Gasteiger charge is -2.37. The maximum atomic E-state index is 4.03. The molecule has 1 atom stereocenters. The number of quaternary nitrogens is 1. The van der Waals surface area contributed by atoms with Gasteiger partial charge in [-0.2, -0.15) is 0 Å². The number of likely N-dealkylation sites (N-methyl/N-ethyl adjacent to an activating group) is 1. The molecule has 2 aromatic carbocycles. The number of rotatable bonds is 5. The maximum absolute atomic E-state index is 4.03. The SMILES string of the molecule is C=CC(c1ccccc1)[N+](C)(C)Cc1ccccc1. The van der Waals surface area contributed by atoms with Crippen molar-refractivity contribution in [1.29, 1.82) is 0 Å². The van der Waals surface area contributed by atoms with Gasteiger partial charge in [-0.3, -0.25) is 0 Å². The second-order valence-electron chi connectivity index (χ2n) is 5.51. The van der Waals surface area contributed by atoms with Crippen LogP contribution in [-0.4, -0.2) is 18.6 Å². The maximum Gasteiger partial charge on any atom is 0.133 e. The van der Waals surface area contributed by atoms with Crippen LogP contribution >= 0.6 is 0 Å². The molecule has 0 aliphatic carbocycles. The lowest BCUT2D eigenvalue weighted by molar-refractivity contribution is -0.927. The molecule has 1 unspecified atom stereocenters. The third-order valence-electron chi connectivity index (χ3n) is 3.55. The lowest BCUT2D eigenvalue weighted by atomic mass is 10.0. The highest BCUT2D eigenvalue weighted by Gasteiger charge is 2.27. The second kappa shape index (κ2) is 5.85. The Balaban J connectivity index is 2.24. The van der Waals surface area contributed by atoms with Crippen LogP contribution in [0.1, 0.15) is 17.2 Å². The number of nitrogens with zero attached hydrogens (tertiary/aromatic N) is 1. The van der Waals surface area contributed by atoms with E-state index in [9.17, 15) is 0 Å². The van der Waals surface area contributed by atoms with E-state index in [2.05, 4.69) is 87.4 Å². The molecule has 0 bridgehead atoms. The first kappa shape index (κ1) is 13.6. The van der Waals surface area contributed by atoms with E-state index in [-0.39, 0.29) is 0 Å². The Morgan fingerprint density at radius 2 is 1.47 bits per heavy atom. The highest BCUT2D eigenvalue weighted by Crippen LogP contribution is 2.28. The summed E-state index contributed by atoms with van der Waals surface area (Å²) in [5, 5.41) is 0. The van der Waals surface area contributed by atoms with Crippen LogP contribution in [0.25, 0.3) is 0 Å². The van der Waals surface area contributed by atoms with Crippen LogP contribution in [0, 0.1) is 0 Å². The number of benzene rings is 2. The van der Waals surface area contributed by atoms with Crippen molar-refractivity contribution in [1.82, 2.24) is 0 Å². The number of hydrogen-bond acceptors (Lipinski definition) is 0. The van der Waals surface area contributed by atoms with Crippen molar-refractivity contribution < 1.29 is 4.48 Å². The highest BCUT2D eigenvalue weighted by molar-refractivity contribution is 5.21. The first-order valence-corrected chi connectivity index (χ1v) is 6.67. The summed E-state index contributed by atoms with van der Waals surface area (Å²) in [4.78, 5) is 0. The topological polar surface area (TPSA) is 0 Å². The van der Waals surface area contributed by atoms with Crippen LogP contribution in [0.15, 0.2) is 73.3 Å². The fraction of sp³-hybridized carbons (Fsp3) is 0.222. The van der Waals surface area contributed by atoms with E-state index >= 15 is 0 Å². The van der Waals surface area contributed by atoms with Crippen molar-refractivity contribution in [2.24, 2.45) is 0 Å². The molecule has 0 aromatic heterocycles. The van der Waals surface area contributed by atoms with Crippen molar-refractivity contribution in [3.8, 4) is 0 Å². The first-order valence-electron chi connectivity index (χ1n) is 6.67. The van der Waals surface area contributed by atoms with E-state index in [4.69, 9.17) is 0 Å². The van der Waals surface area contributed by atoms with E-state index in [1.165, 1.54) is 11.1 Å². The molecule has 0 saturated carbocycles. The van der Waals surface area contributed by atoms with E-state index < -0.39 is 0 Å². The van der Waals surface area contributed by atoms with Crippen LogP contribution in [-0.2, 0) is 6.54 Å². The van der Waals surface area contributed by atoms with Gasteiger partial charge in [0.2, 0.25) is 0 Å². The minimum absolute atomic E-state index is 0.307. The second-order valence-corrected chi connectivity index (χ2v) is 5.51. The Hall–Kier alpha value is -1.86. The summed E-state index contributed by atoms with van der Waals surface area (Å²) in [5.74, 6) is 0. The van der Waals surface area contributed by atoms with Gasteiger partial charge in [0, 0.05) is 11.1 Å². The molecule has 0 radical (unpaired) electrons. The summed E-state index contributed by atoms with van der Waals surface area (Å²) in [6.07, 6.45) is 2.05. The van der Waals surface area contributed by atoms with Crippen LogP contribution in [0.2, 0.25) is 0 Å². The van der Waals surface area contributed by atoms with Gasteiger partial charge in [0.25, 0.3) is 0 Å². The molecule has 2 aromatic rings. The van der Waals surface area contributed by atoms with E-state index in [1.54, 1.807) is 0 Å². The molecule has 0 N–H and O–H groups in total. The Morgan fingerprint density at radius 3 is 2.00 bits per heavy atom. The summed E-state index contributed by atoms with van der Waals surface area (Å²) >= 11 is 0. The fourth-order valence-electron chi connectivity index (χ4n) is 2.63. The van der Waals surface area contributed by atoms with Gasteiger partial charge < -0.3 is 4.48 Å². The van der Waals surface area contributed by atoms with Gasteiger partial charge in [-0.05, 0) is 6.08 Å². The molecule has 0 spiro atoms. The zero-order chi connectivity index (χ0) is 13.7. The predicted octanol–water partition coefficient (Wildman–Crippen LogP) is 4.19. The molecule has 2 rings (SSSR count). The quantitative estimate of drug-likeness (QED) is 0.553. The van der Waals surface area contributed by atoms with Gasteiger partial charge in [-0.1, -0.05) is 67.2 Å². The summed E-state index contributed by atoms with van der Waals surface area (Å²) in [5.41, 5.74) is 2.67. The van der Waals surface area contributed by atoms with Crippen LogP contribution in [0.4, 0.5) is 0 Å². The monoisotopic (exact) mass is 252 g/mol. The molecular formula is C18H22N+. The van der Waals surface area contributed by atoms with Gasteiger partial charge in [0.05, 0.1) is 14.1 Å². The van der Waals surface area contributed by atoms with Crippen molar-refractivity contribution in [3.63, 3.8) is 0 Å². The molecule has 1 nitrogen and oxygen atoms in total. The molecule has 0 aliphatic rings. The van der Waals surface area contributed by atoms with Gasteiger partial charge in [-0.15, -0.1) is 0 Å². The van der Waals surface area contributed by atoms with Crippen LogP contribution in [0.5, 0.6) is 0 Å². The van der Waals surface area contributed by atoms with Gasteiger partial charge >= 0.3 is 0 Å². The fourth-order valence-corrected chi connectivity index (χ4v) is 2.63. The van der Waals surface area contributed by atoms with Crippen LogP contribution < -0.4 is 0 Å². The summed E-state index contributed by atoms with van der Waals surface area (Å²) < 4.78 is 0.873. The minimum atomic E-state index is 0.307. The Morgan fingerprint density at radius 1 is 0.947 bits per heavy atom. The minimum Gasteiger partial charge on any atom is -0.315 e. The molecule has 0 aliphatic heterocycles. The lowest BCUT2D eigenvalue weighted by Crippen LogP contribution is -2.41. The zero-order valence-electron chi connectivity index (χ0n) is 11.8. The molecule has 19 heavy (non-hydrogen) atoms. The summed E-state index contributed by atoms with van der Waals surface area (Å²) in [6, 6.07) is 21.5. The Labute approximate surface area is 116 Å². The standard InChI is InChI=1S/C18H22N/c1-4-18(17-13-9-6-10-14-17)19(2,3)15-16-11-7-5-8-12-16/h4-14,18H,1,15H2,2-3H3/q+1. The van der Waals surface area contributed by atoms with Gasteiger partial charge in [0.1, 0.15) is 12.6 Å². The molecule has 98 valence electrons. The Kier molecular flexibility index (Phi) is 4.18. The average molecular weight is 252 g/mol. The zero-order valence-corrected chi connectivity index (χ0v) is 11.8. The van der Waals surface area contributed by atoms with Crippen molar-refractivity contribution in [2.45, 2.75) is 12.6 Å². The smallest absolute Gasteiger partial charge is 0.133 e. The number of hydrogen-bond donors (Lipinski definition) is 0. The molecule has 0 heterocycles. The van der Waals surface area contributed by atoms with Crippen molar-refractivity contribution >= 4 is 0 Å². The summed E-state index contributed by atoms with van der Waals surface area (Å²) in [7, 11) is 4.51. The van der Waals surface area contributed by atoms with E-state index in [0.717, 1.165) is 11.0 Å². The van der Waals surface area contributed by atoms with Crippen molar-refractivity contribution in [2.75, 3.05) is 14.1 Å². The first-order chi connectivity index (χ1) is 9.13. The van der Waals surface area contributed by atoms with E-state index in [1.807, 2.05) is 0 Å². The van der Waals surface area contributed by atoms with Crippen molar-refractivity contribution in [3.05, 3.63) is 84.4 Å². The highest BCUT2D eigenvalue weighted by atomic mass is 15.3. The largest absolute Gasteiger partial charge is 0.315 e. The normalized spacial score (nSPS) is 12.9. The molecule has 0 amide bonds. The van der Waals surface area contributed by atoms with Gasteiger partial charge in [-0.25, -0.2) is 0 Å².